The van der Waals surface area contributed by atoms with Crippen molar-refractivity contribution in [3.05, 3.63) is 17.3 Å². The number of terminal acetylenes is 1. The lowest BCUT2D eigenvalue weighted by molar-refractivity contribution is 0.112. The van der Waals surface area contributed by atoms with Gasteiger partial charge in [0.15, 0.2) is 0 Å². The molecule has 4 nitrogen and oxygen atoms in total. The Hall–Kier alpha value is -2.02. The van der Waals surface area contributed by atoms with Crippen LogP contribution in [0.25, 0.3) is 0 Å². The van der Waals surface area contributed by atoms with E-state index >= 15 is 0 Å². The molecule has 1 saturated carbocycles. The minimum Gasteiger partial charge on any atom is -0.473 e. The average molecular weight is 341 g/mol. The number of aliphatic imine (C=N–C) groups is 1. The number of aryl methyl sites for hydroxylation is 1. The molecule has 0 aromatic carbocycles. The Morgan fingerprint density at radius 1 is 1.40 bits per heavy atom. The second-order valence-corrected chi connectivity index (χ2v) is 7.31. The van der Waals surface area contributed by atoms with E-state index in [1.807, 2.05) is 24.9 Å². The zero-order chi connectivity index (χ0) is 18.4. The Kier molecular flexibility index (Phi) is 6.87. The molecule has 1 heterocycles. The molecule has 0 amide bonds. The number of ether oxygens (including phenoxy) is 1. The minimum atomic E-state index is 0.217. The van der Waals surface area contributed by atoms with Gasteiger partial charge in [0, 0.05) is 13.6 Å². The first-order chi connectivity index (χ1) is 11.9. The van der Waals surface area contributed by atoms with Gasteiger partial charge in [-0.1, -0.05) is 19.8 Å². The SMILES string of the molecule is C#Cc1cc(/N=C/N(C)CC)c(C)nc1OC1CCC(C(C)C)CC1. The van der Waals surface area contributed by atoms with Gasteiger partial charge in [-0.3, -0.25) is 0 Å². The van der Waals surface area contributed by atoms with E-state index in [1.165, 1.54) is 12.8 Å². The fourth-order valence-corrected chi connectivity index (χ4v) is 3.17. The quantitative estimate of drug-likeness (QED) is 0.432. The van der Waals surface area contributed by atoms with Crippen molar-refractivity contribution in [3.8, 4) is 18.2 Å². The number of pyridine rings is 1. The topological polar surface area (TPSA) is 37.7 Å². The molecule has 0 aliphatic heterocycles. The van der Waals surface area contributed by atoms with Crippen molar-refractivity contribution in [2.75, 3.05) is 13.6 Å². The second-order valence-electron chi connectivity index (χ2n) is 7.31. The number of hydrogen-bond donors (Lipinski definition) is 0. The van der Waals surface area contributed by atoms with Crippen LogP contribution >= 0.6 is 0 Å². The molecule has 0 N–H and O–H groups in total. The molecule has 0 spiro atoms. The molecule has 1 aliphatic rings. The van der Waals surface area contributed by atoms with Gasteiger partial charge < -0.3 is 9.64 Å². The lowest BCUT2D eigenvalue weighted by atomic mass is 9.80. The number of rotatable bonds is 6. The van der Waals surface area contributed by atoms with E-state index in [-0.39, 0.29) is 6.10 Å². The van der Waals surface area contributed by atoms with Gasteiger partial charge in [0.1, 0.15) is 6.10 Å². The third-order valence-corrected chi connectivity index (χ3v) is 5.14. The summed E-state index contributed by atoms with van der Waals surface area (Å²) in [6.07, 6.45) is 12.3. The maximum Gasteiger partial charge on any atom is 0.230 e. The molecule has 0 atom stereocenters. The molecule has 0 saturated heterocycles. The van der Waals surface area contributed by atoms with Gasteiger partial charge in [0.25, 0.3) is 0 Å². The lowest BCUT2D eigenvalue weighted by Gasteiger charge is -2.31. The van der Waals surface area contributed by atoms with Crippen molar-refractivity contribution in [1.29, 1.82) is 0 Å². The highest BCUT2D eigenvalue weighted by Gasteiger charge is 2.25. The molecule has 2 rings (SSSR count). The van der Waals surface area contributed by atoms with Crippen molar-refractivity contribution < 1.29 is 4.74 Å². The van der Waals surface area contributed by atoms with Gasteiger partial charge in [-0.05, 0) is 57.4 Å². The first-order valence-electron chi connectivity index (χ1n) is 9.33. The van der Waals surface area contributed by atoms with Crippen LogP contribution in [-0.4, -0.2) is 35.9 Å². The third kappa shape index (κ3) is 5.22. The molecule has 136 valence electrons. The number of aromatic nitrogens is 1. The molecule has 0 bridgehead atoms. The maximum atomic E-state index is 6.17. The van der Waals surface area contributed by atoms with Crippen molar-refractivity contribution >= 4 is 12.0 Å². The maximum absolute atomic E-state index is 6.17. The average Bonchev–Trinajstić information content (AvgIpc) is 2.61. The van der Waals surface area contributed by atoms with E-state index in [0.717, 1.165) is 42.6 Å². The lowest BCUT2D eigenvalue weighted by Crippen LogP contribution is -2.26. The van der Waals surface area contributed by atoms with Crippen molar-refractivity contribution in [3.63, 3.8) is 0 Å². The zero-order valence-electron chi connectivity index (χ0n) is 16.2. The monoisotopic (exact) mass is 341 g/mol. The summed E-state index contributed by atoms with van der Waals surface area (Å²) in [5.74, 6) is 4.85. The molecule has 1 aromatic heterocycles. The van der Waals surface area contributed by atoms with Crippen LogP contribution in [0.4, 0.5) is 5.69 Å². The smallest absolute Gasteiger partial charge is 0.230 e. The van der Waals surface area contributed by atoms with Crippen LogP contribution in [0.3, 0.4) is 0 Å². The van der Waals surface area contributed by atoms with E-state index < -0.39 is 0 Å². The summed E-state index contributed by atoms with van der Waals surface area (Å²) in [5, 5.41) is 0. The first-order valence-corrected chi connectivity index (χ1v) is 9.33. The normalized spacial score (nSPS) is 20.7. The fraction of sp³-hybridized carbons (Fsp3) is 0.619. The van der Waals surface area contributed by atoms with Crippen molar-refractivity contribution in [1.82, 2.24) is 9.88 Å². The van der Waals surface area contributed by atoms with E-state index in [1.54, 1.807) is 6.34 Å². The number of hydrogen-bond acceptors (Lipinski definition) is 3. The third-order valence-electron chi connectivity index (χ3n) is 5.14. The van der Waals surface area contributed by atoms with Gasteiger partial charge in [-0.25, -0.2) is 9.98 Å². The van der Waals surface area contributed by atoms with Crippen LogP contribution in [0.5, 0.6) is 5.88 Å². The Bertz CT molecular complexity index is 637. The van der Waals surface area contributed by atoms with Crippen LogP contribution < -0.4 is 4.74 Å². The molecule has 25 heavy (non-hydrogen) atoms. The molecule has 1 fully saturated rings. The Labute approximate surface area is 152 Å². The molecule has 4 heteroatoms. The summed E-state index contributed by atoms with van der Waals surface area (Å²) < 4.78 is 6.17. The Morgan fingerprint density at radius 2 is 2.08 bits per heavy atom. The minimum absolute atomic E-state index is 0.217. The summed E-state index contributed by atoms with van der Waals surface area (Å²) in [6, 6.07) is 1.90. The first kappa shape index (κ1) is 19.3. The van der Waals surface area contributed by atoms with Gasteiger partial charge in [-0.2, -0.15) is 0 Å². The van der Waals surface area contributed by atoms with E-state index in [0.29, 0.717) is 11.4 Å². The summed E-state index contributed by atoms with van der Waals surface area (Å²) in [7, 11) is 1.99. The summed E-state index contributed by atoms with van der Waals surface area (Å²) >= 11 is 0. The molecular formula is C21H31N3O. The molecule has 1 aromatic rings. The van der Waals surface area contributed by atoms with Crippen LogP contribution in [-0.2, 0) is 0 Å². The van der Waals surface area contributed by atoms with Gasteiger partial charge >= 0.3 is 0 Å². The van der Waals surface area contributed by atoms with Crippen molar-refractivity contribution in [2.45, 2.75) is 59.5 Å². The summed E-state index contributed by atoms with van der Waals surface area (Å²) in [5.41, 5.74) is 2.32. The molecule has 0 unspecified atom stereocenters. The Morgan fingerprint density at radius 3 is 2.64 bits per heavy atom. The second kappa shape index (κ2) is 8.89. The molecule has 1 aliphatic carbocycles. The van der Waals surface area contributed by atoms with Gasteiger partial charge in [-0.15, -0.1) is 6.42 Å². The van der Waals surface area contributed by atoms with Gasteiger partial charge in [0.2, 0.25) is 5.88 Å². The summed E-state index contributed by atoms with van der Waals surface area (Å²) in [6.45, 7) is 9.54. The van der Waals surface area contributed by atoms with Crippen LogP contribution in [0.15, 0.2) is 11.1 Å². The predicted molar refractivity (Wildman–Crippen MR) is 105 cm³/mol. The fourth-order valence-electron chi connectivity index (χ4n) is 3.17. The standard InChI is InChI=1S/C21H31N3O/c1-7-17-13-20(22-14-24(6)8-2)16(5)23-21(17)25-19-11-9-18(10-12-19)15(3)4/h1,13-15,18-19H,8-12H2,2-6H3/b22-14+. The van der Waals surface area contributed by atoms with E-state index in [4.69, 9.17) is 11.2 Å². The molecule has 0 radical (unpaired) electrons. The highest BCUT2D eigenvalue weighted by atomic mass is 16.5. The van der Waals surface area contributed by atoms with Crippen LogP contribution in [0.1, 0.15) is 57.7 Å². The zero-order valence-corrected chi connectivity index (χ0v) is 16.2. The number of nitrogens with zero attached hydrogens (tertiary/aromatic N) is 3. The van der Waals surface area contributed by atoms with E-state index in [9.17, 15) is 0 Å². The van der Waals surface area contributed by atoms with E-state index in [2.05, 4.69) is 36.7 Å². The highest BCUT2D eigenvalue weighted by molar-refractivity contribution is 5.64. The van der Waals surface area contributed by atoms with Gasteiger partial charge in [0.05, 0.1) is 23.3 Å². The Balaban J connectivity index is 2.10. The molecular weight excluding hydrogens is 310 g/mol. The summed E-state index contributed by atoms with van der Waals surface area (Å²) in [4.78, 5) is 11.1. The van der Waals surface area contributed by atoms with Crippen LogP contribution in [0.2, 0.25) is 0 Å². The highest BCUT2D eigenvalue weighted by Crippen LogP contribution is 2.33. The van der Waals surface area contributed by atoms with Crippen LogP contribution in [0, 0.1) is 31.1 Å². The van der Waals surface area contributed by atoms with Crippen molar-refractivity contribution in [2.24, 2.45) is 16.8 Å². The largest absolute Gasteiger partial charge is 0.473 e. The predicted octanol–water partition coefficient (Wildman–Crippen LogP) is 4.58.